The third-order valence-corrected chi connectivity index (χ3v) is 4.93. The van der Waals surface area contributed by atoms with Crippen LogP contribution in [-0.2, 0) is 16.6 Å². The van der Waals surface area contributed by atoms with Crippen molar-refractivity contribution in [2.45, 2.75) is 6.61 Å². The highest BCUT2D eigenvalue weighted by Crippen LogP contribution is 2.25. The number of piperazine rings is 1. The molecule has 0 unspecified atom stereocenters. The van der Waals surface area contributed by atoms with Crippen LogP contribution in [0, 0.1) is 0 Å². The highest BCUT2D eigenvalue weighted by molar-refractivity contribution is 7.88. The van der Waals surface area contributed by atoms with Crippen LogP contribution in [0.2, 0.25) is 5.02 Å². The van der Waals surface area contributed by atoms with Gasteiger partial charge in [-0.05, 0) is 17.7 Å². The molecule has 106 valence electrons. The van der Waals surface area contributed by atoms with Crippen molar-refractivity contribution in [3.63, 3.8) is 0 Å². The third-order valence-electron chi connectivity index (χ3n) is 3.28. The van der Waals surface area contributed by atoms with E-state index >= 15 is 0 Å². The smallest absolute Gasteiger partial charge is 0.211 e. The molecule has 1 N–H and O–H groups in total. The second-order valence-corrected chi connectivity index (χ2v) is 6.97. The molecule has 2 rings (SSSR count). The molecule has 0 aromatic heterocycles. The van der Waals surface area contributed by atoms with Gasteiger partial charge >= 0.3 is 0 Å². The van der Waals surface area contributed by atoms with Gasteiger partial charge in [-0.3, -0.25) is 0 Å². The molecule has 7 heteroatoms. The second-order valence-electron chi connectivity index (χ2n) is 4.58. The molecule has 0 bridgehead atoms. The number of anilines is 1. The van der Waals surface area contributed by atoms with Gasteiger partial charge < -0.3 is 10.0 Å². The van der Waals surface area contributed by atoms with Crippen LogP contribution in [0.5, 0.6) is 0 Å². The number of benzene rings is 1. The molecular formula is C12H17ClN2O3S. The van der Waals surface area contributed by atoms with E-state index in [4.69, 9.17) is 16.7 Å². The fourth-order valence-corrected chi connectivity index (χ4v) is 3.20. The van der Waals surface area contributed by atoms with Crippen molar-refractivity contribution in [2.24, 2.45) is 0 Å². The lowest BCUT2D eigenvalue weighted by atomic mass is 10.2. The topological polar surface area (TPSA) is 60.9 Å². The van der Waals surface area contributed by atoms with Gasteiger partial charge in [0.15, 0.2) is 0 Å². The fraction of sp³-hybridized carbons (Fsp3) is 0.500. The summed E-state index contributed by atoms with van der Waals surface area (Å²) in [6.45, 7) is 2.17. The predicted molar refractivity (Wildman–Crippen MR) is 76.0 cm³/mol. The Kier molecular flexibility index (Phi) is 4.35. The number of aliphatic hydroxyl groups is 1. The van der Waals surface area contributed by atoms with Gasteiger partial charge in [0.2, 0.25) is 10.0 Å². The summed E-state index contributed by atoms with van der Waals surface area (Å²) in [5.41, 5.74) is 1.65. The lowest BCUT2D eigenvalue weighted by molar-refractivity contribution is 0.282. The molecule has 1 saturated heterocycles. The molecule has 1 aliphatic heterocycles. The number of sulfonamides is 1. The van der Waals surface area contributed by atoms with Gasteiger partial charge in [0, 0.05) is 36.9 Å². The summed E-state index contributed by atoms with van der Waals surface area (Å²) in [5.74, 6) is 0. The second kappa shape index (κ2) is 5.66. The summed E-state index contributed by atoms with van der Waals surface area (Å²) in [6, 6.07) is 5.50. The zero-order chi connectivity index (χ0) is 14.0. The molecule has 0 radical (unpaired) electrons. The lowest BCUT2D eigenvalue weighted by Gasteiger charge is -2.34. The Bertz CT molecular complexity index is 554. The van der Waals surface area contributed by atoms with Crippen LogP contribution in [0.25, 0.3) is 0 Å². The molecule has 0 spiro atoms. The Labute approximate surface area is 118 Å². The number of hydrogen-bond donors (Lipinski definition) is 1. The quantitative estimate of drug-likeness (QED) is 0.902. The fourth-order valence-electron chi connectivity index (χ4n) is 2.14. The minimum Gasteiger partial charge on any atom is -0.392 e. The van der Waals surface area contributed by atoms with E-state index in [-0.39, 0.29) is 6.61 Å². The van der Waals surface area contributed by atoms with E-state index in [9.17, 15) is 8.42 Å². The average molecular weight is 305 g/mol. The van der Waals surface area contributed by atoms with Crippen LogP contribution in [-0.4, -0.2) is 50.3 Å². The van der Waals surface area contributed by atoms with E-state index in [2.05, 4.69) is 4.90 Å². The summed E-state index contributed by atoms with van der Waals surface area (Å²) in [7, 11) is -3.10. The molecule has 1 aromatic carbocycles. The standard InChI is InChI=1S/C12H17ClN2O3S/c1-19(17,18)15-6-4-14(5-7-15)11-3-2-10(9-16)12(13)8-11/h2-3,8,16H,4-7,9H2,1H3. The molecule has 19 heavy (non-hydrogen) atoms. The monoisotopic (exact) mass is 304 g/mol. The van der Waals surface area contributed by atoms with E-state index in [1.807, 2.05) is 12.1 Å². The zero-order valence-electron chi connectivity index (χ0n) is 10.7. The van der Waals surface area contributed by atoms with Crippen molar-refractivity contribution in [3.8, 4) is 0 Å². The van der Waals surface area contributed by atoms with E-state index in [1.165, 1.54) is 10.6 Å². The highest BCUT2D eigenvalue weighted by Gasteiger charge is 2.23. The molecular weight excluding hydrogens is 288 g/mol. The van der Waals surface area contributed by atoms with Crippen molar-refractivity contribution in [1.29, 1.82) is 0 Å². The van der Waals surface area contributed by atoms with Gasteiger partial charge in [-0.15, -0.1) is 0 Å². The first-order chi connectivity index (χ1) is 8.91. The maximum absolute atomic E-state index is 11.4. The summed E-state index contributed by atoms with van der Waals surface area (Å²) in [4.78, 5) is 2.09. The first-order valence-electron chi connectivity index (χ1n) is 6.01. The van der Waals surface area contributed by atoms with E-state index < -0.39 is 10.0 Å². The van der Waals surface area contributed by atoms with Crippen LogP contribution in [0.15, 0.2) is 18.2 Å². The summed E-state index contributed by atoms with van der Waals surface area (Å²) in [6.07, 6.45) is 1.23. The Morgan fingerprint density at radius 3 is 2.37 bits per heavy atom. The average Bonchev–Trinajstić information content (AvgIpc) is 2.38. The van der Waals surface area contributed by atoms with Gasteiger partial charge in [-0.25, -0.2) is 8.42 Å². The molecule has 0 atom stereocenters. The first-order valence-corrected chi connectivity index (χ1v) is 8.24. The van der Waals surface area contributed by atoms with Gasteiger partial charge in [0.05, 0.1) is 12.9 Å². The first kappa shape index (κ1) is 14.6. The number of aliphatic hydroxyl groups excluding tert-OH is 1. The third kappa shape index (κ3) is 3.39. The van der Waals surface area contributed by atoms with Crippen LogP contribution >= 0.6 is 11.6 Å². The number of hydrogen-bond acceptors (Lipinski definition) is 4. The molecule has 1 aliphatic rings. The molecule has 0 amide bonds. The lowest BCUT2D eigenvalue weighted by Crippen LogP contribution is -2.48. The Balaban J connectivity index is 2.08. The predicted octanol–water partition coefficient (Wildman–Crippen LogP) is 0.914. The Hall–Kier alpha value is -0.820. The molecule has 1 fully saturated rings. The summed E-state index contributed by atoms with van der Waals surface area (Å²) < 4.78 is 24.3. The maximum Gasteiger partial charge on any atom is 0.211 e. The number of halogens is 1. The molecule has 0 aliphatic carbocycles. The van der Waals surface area contributed by atoms with Crippen LogP contribution in [0.1, 0.15) is 5.56 Å². The van der Waals surface area contributed by atoms with Gasteiger partial charge in [-0.1, -0.05) is 17.7 Å². The highest BCUT2D eigenvalue weighted by atomic mass is 35.5. The SMILES string of the molecule is CS(=O)(=O)N1CCN(c2ccc(CO)c(Cl)c2)CC1. The van der Waals surface area contributed by atoms with Crippen LogP contribution in [0.4, 0.5) is 5.69 Å². The Morgan fingerprint density at radius 1 is 1.26 bits per heavy atom. The van der Waals surface area contributed by atoms with Crippen molar-refractivity contribution in [3.05, 3.63) is 28.8 Å². The van der Waals surface area contributed by atoms with Crippen LogP contribution < -0.4 is 4.90 Å². The summed E-state index contributed by atoms with van der Waals surface area (Å²) in [5, 5.41) is 9.61. The largest absolute Gasteiger partial charge is 0.392 e. The molecule has 5 nitrogen and oxygen atoms in total. The van der Waals surface area contributed by atoms with Crippen molar-refractivity contribution >= 4 is 27.3 Å². The zero-order valence-corrected chi connectivity index (χ0v) is 12.3. The van der Waals surface area contributed by atoms with E-state index in [1.54, 1.807) is 6.07 Å². The molecule has 1 heterocycles. The minimum absolute atomic E-state index is 0.0824. The normalized spacial score (nSPS) is 17.7. The van der Waals surface area contributed by atoms with Gasteiger partial charge in [0.25, 0.3) is 0 Å². The minimum atomic E-state index is -3.10. The number of rotatable bonds is 3. The van der Waals surface area contributed by atoms with Gasteiger partial charge in [-0.2, -0.15) is 4.31 Å². The van der Waals surface area contributed by atoms with Crippen molar-refractivity contribution < 1.29 is 13.5 Å². The van der Waals surface area contributed by atoms with E-state index in [0.717, 1.165) is 5.69 Å². The van der Waals surface area contributed by atoms with Gasteiger partial charge in [0.1, 0.15) is 0 Å². The maximum atomic E-state index is 11.4. The van der Waals surface area contributed by atoms with Crippen molar-refractivity contribution in [2.75, 3.05) is 37.3 Å². The van der Waals surface area contributed by atoms with Crippen LogP contribution in [0.3, 0.4) is 0 Å². The molecule has 0 saturated carbocycles. The summed E-state index contributed by atoms with van der Waals surface area (Å²) >= 11 is 6.06. The van der Waals surface area contributed by atoms with Crippen molar-refractivity contribution in [1.82, 2.24) is 4.31 Å². The van der Waals surface area contributed by atoms with E-state index in [0.29, 0.717) is 36.8 Å². The number of nitrogens with zero attached hydrogens (tertiary/aromatic N) is 2. The Morgan fingerprint density at radius 2 is 1.89 bits per heavy atom. The molecule has 1 aromatic rings.